The minimum Gasteiger partial charge on any atom is -0.353 e. The summed E-state index contributed by atoms with van der Waals surface area (Å²) in [7, 11) is 0. The lowest BCUT2D eigenvalue weighted by Crippen LogP contribution is -2.36. The van der Waals surface area contributed by atoms with Gasteiger partial charge in [0, 0.05) is 36.1 Å². The fourth-order valence-electron chi connectivity index (χ4n) is 2.14. The topological polar surface area (TPSA) is 98.9 Å². The van der Waals surface area contributed by atoms with Gasteiger partial charge in [-0.3, -0.25) is 23.5 Å². The van der Waals surface area contributed by atoms with Gasteiger partial charge in [-0.2, -0.15) is 0 Å². The molecule has 8 heteroatoms. The van der Waals surface area contributed by atoms with E-state index in [1.54, 1.807) is 13.8 Å². The number of carbonyl (C=O) groups excluding carboxylic acids is 1. The summed E-state index contributed by atoms with van der Waals surface area (Å²) in [5.41, 5.74) is 1.54. The summed E-state index contributed by atoms with van der Waals surface area (Å²) < 4.78 is 2.70. The number of hydrogen-bond acceptors (Lipinski definition) is 5. The van der Waals surface area contributed by atoms with E-state index in [2.05, 4.69) is 15.3 Å². The normalized spacial score (nSPS) is 10.6. The summed E-state index contributed by atoms with van der Waals surface area (Å²) in [6.45, 7) is 5.85. The number of nitrogens with one attached hydrogen (secondary N) is 1. The Morgan fingerprint density at radius 3 is 2.54 bits per heavy atom. The van der Waals surface area contributed by atoms with E-state index >= 15 is 0 Å². The van der Waals surface area contributed by atoms with Crippen LogP contribution >= 0.6 is 0 Å². The van der Waals surface area contributed by atoms with Gasteiger partial charge in [0.2, 0.25) is 5.91 Å². The molecule has 0 aliphatic heterocycles. The van der Waals surface area contributed by atoms with Crippen molar-refractivity contribution < 1.29 is 4.79 Å². The molecular weight excluding hydrogens is 310 g/mol. The van der Waals surface area contributed by atoms with Crippen molar-refractivity contribution in [2.24, 2.45) is 0 Å². The van der Waals surface area contributed by atoms with E-state index in [1.807, 2.05) is 6.92 Å². The number of nitrogens with zero attached hydrogens (tertiary/aromatic N) is 4. The van der Waals surface area contributed by atoms with Crippen molar-refractivity contribution in [1.82, 2.24) is 24.4 Å². The first kappa shape index (κ1) is 17.6. The number of aryl methyl sites for hydroxylation is 2. The van der Waals surface area contributed by atoms with Gasteiger partial charge in [0.25, 0.3) is 11.1 Å². The number of carbonyl (C=O) groups is 1. The van der Waals surface area contributed by atoms with Gasteiger partial charge >= 0.3 is 0 Å². The van der Waals surface area contributed by atoms with Crippen LogP contribution in [0.3, 0.4) is 0 Å². The fourth-order valence-corrected chi connectivity index (χ4v) is 2.14. The Labute approximate surface area is 139 Å². The van der Waals surface area contributed by atoms with Gasteiger partial charge in [0.05, 0.1) is 12.7 Å². The number of aromatic nitrogens is 4. The molecule has 24 heavy (non-hydrogen) atoms. The van der Waals surface area contributed by atoms with Crippen molar-refractivity contribution in [1.29, 1.82) is 0 Å². The molecule has 0 aliphatic carbocycles. The highest BCUT2D eigenvalue weighted by atomic mass is 16.2. The SMILES string of the molecule is CCc1cc(=O)n(CCNC(=O)Cn2cnc(C)c(C)c2=O)cn1. The van der Waals surface area contributed by atoms with Crippen molar-refractivity contribution in [2.45, 2.75) is 40.3 Å². The smallest absolute Gasteiger partial charge is 0.256 e. The van der Waals surface area contributed by atoms with Crippen LogP contribution in [0.4, 0.5) is 0 Å². The largest absolute Gasteiger partial charge is 0.353 e. The van der Waals surface area contributed by atoms with E-state index in [0.717, 1.165) is 5.69 Å². The lowest BCUT2D eigenvalue weighted by molar-refractivity contribution is -0.121. The molecule has 0 unspecified atom stereocenters. The van der Waals surface area contributed by atoms with Crippen molar-refractivity contribution >= 4 is 5.91 Å². The van der Waals surface area contributed by atoms with Gasteiger partial charge in [-0.05, 0) is 20.3 Å². The van der Waals surface area contributed by atoms with Crippen LogP contribution in [-0.2, 0) is 24.3 Å². The minimum atomic E-state index is -0.312. The zero-order valence-corrected chi connectivity index (χ0v) is 14.1. The Bertz CT molecular complexity index is 854. The van der Waals surface area contributed by atoms with Crippen molar-refractivity contribution in [3.63, 3.8) is 0 Å². The molecule has 0 atom stereocenters. The van der Waals surface area contributed by atoms with E-state index in [4.69, 9.17) is 0 Å². The first-order valence-corrected chi connectivity index (χ1v) is 7.77. The molecule has 2 aromatic rings. The third kappa shape index (κ3) is 4.15. The number of rotatable bonds is 6. The summed E-state index contributed by atoms with van der Waals surface area (Å²) in [5, 5.41) is 2.68. The Kier molecular flexibility index (Phi) is 5.62. The Morgan fingerprint density at radius 2 is 1.88 bits per heavy atom. The molecule has 0 aromatic carbocycles. The molecule has 0 fully saturated rings. The van der Waals surface area contributed by atoms with E-state index < -0.39 is 0 Å². The molecule has 1 N–H and O–H groups in total. The average Bonchev–Trinajstić information content (AvgIpc) is 2.57. The van der Waals surface area contributed by atoms with Crippen LogP contribution in [-0.4, -0.2) is 31.6 Å². The zero-order chi connectivity index (χ0) is 17.7. The van der Waals surface area contributed by atoms with Gasteiger partial charge in [-0.15, -0.1) is 0 Å². The van der Waals surface area contributed by atoms with Gasteiger partial charge in [0.15, 0.2) is 0 Å². The van der Waals surface area contributed by atoms with Crippen LogP contribution < -0.4 is 16.4 Å². The second kappa shape index (κ2) is 7.67. The van der Waals surface area contributed by atoms with E-state index in [0.29, 0.717) is 24.2 Å². The highest BCUT2D eigenvalue weighted by Gasteiger charge is 2.08. The minimum absolute atomic E-state index is 0.102. The Balaban J connectivity index is 1.91. The maximum atomic E-state index is 12.0. The van der Waals surface area contributed by atoms with Crippen molar-refractivity contribution in [2.75, 3.05) is 6.54 Å². The summed E-state index contributed by atoms with van der Waals surface area (Å²) in [4.78, 5) is 44.0. The average molecular weight is 331 g/mol. The summed E-state index contributed by atoms with van der Waals surface area (Å²) in [6, 6.07) is 1.49. The van der Waals surface area contributed by atoms with E-state index in [9.17, 15) is 14.4 Å². The first-order valence-electron chi connectivity index (χ1n) is 7.77. The second-order valence-corrected chi connectivity index (χ2v) is 5.50. The highest BCUT2D eigenvalue weighted by molar-refractivity contribution is 5.75. The van der Waals surface area contributed by atoms with Gasteiger partial charge in [-0.1, -0.05) is 6.92 Å². The van der Waals surface area contributed by atoms with Crippen molar-refractivity contribution in [3.05, 3.63) is 56.4 Å². The summed E-state index contributed by atoms with van der Waals surface area (Å²) >= 11 is 0. The lowest BCUT2D eigenvalue weighted by atomic mass is 10.3. The van der Waals surface area contributed by atoms with E-state index in [1.165, 1.54) is 27.9 Å². The third-order valence-corrected chi connectivity index (χ3v) is 3.80. The standard InChI is InChI=1S/C16H21N5O3/c1-4-13-7-15(23)20(10-19-13)6-5-17-14(22)8-21-9-18-12(3)11(2)16(21)24/h7,9-10H,4-6,8H2,1-3H3,(H,17,22). The van der Waals surface area contributed by atoms with Crippen LogP contribution in [0.15, 0.2) is 28.3 Å². The first-order chi connectivity index (χ1) is 11.4. The number of amides is 1. The molecule has 0 saturated heterocycles. The van der Waals surface area contributed by atoms with Gasteiger partial charge in [-0.25, -0.2) is 9.97 Å². The fraction of sp³-hybridized carbons (Fsp3) is 0.438. The maximum absolute atomic E-state index is 12.0. The molecular formula is C16H21N5O3. The van der Waals surface area contributed by atoms with Crippen LogP contribution in [0.1, 0.15) is 23.9 Å². The zero-order valence-electron chi connectivity index (χ0n) is 14.1. The lowest BCUT2D eigenvalue weighted by Gasteiger charge is -2.09. The quantitative estimate of drug-likeness (QED) is 0.790. The van der Waals surface area contributed by atoms with Crippen molar-refractivity contribution in [3.8, 4) is 0 Å². The molecule has 0 bridgehead atoms. The van der Waals surface area contributed by atoms with Crippen LogP contribution in [0.25, 0.3) is 0 Å². The molecule has 2 heterocycles. The monoisotopic (exact) mass is 331 g/mol. The molecule has 128 valence electrons. The predicted octanol–water partition coefficient (Wildman–Crippen LogP) is -0.204. The Hall–Kier alpha value is -2.77. The molecule has 2 aromatic heterocycles. The Morgan fingerprint density at radius 1 is 1.17 bits per heavy atom. The number of hydrogen-bond donors (Lipinski definition) is 1. The summed E-state index contributed by atoms with van der Waals surface area (Å²) in [5.74, 6) is -0.312. The maximum Gasteiger partial charge on any atom is 0.256 e. The van der Waals surface area contributed by atoms with Crippen LogP contribution in [0, 0.1) is 13.8 Å². The van der Waals surface area contributed by atoms with Crippen LogP contribution in [0.2, 0.25) is 0 Å². The van der Waals surface area contributed by atoms with Gasteiger partial charge < -0.3 is 5.32 Å². The van der Waals surface area contributed by atoms with Crippen LogP contribution in [0.5, 0.6) is 0 Å². The molecule has 8 nitrogen and oxygen atoms in total. The molecule has 2 rings (SSSR count). The highest BCUT2D eigenvalue weighted by Crippen LogP contribution is 1.94. The molecule has 0 saturated carbocycles. The predicted molar refractivity (Wildman–Crippen MR) is 88.9 cm³/mol. The van der Waals surface area contributed by atoms with Gasteiger partial charge in [0.1, 0.15) is 6.54 Å². The summed E-state index contributed by atoms with van der Waals surface area (Å²) in [6.07, 6.45) is 3.54. The second-order valence-electron chi connectivity index (χ2n) is 5.50. The molecule has 0 radical (unpaired) electrons. The molecule has 1 amide bonds. The van der Waals surface area contributed by atoms with E-state index in [-0.39, 0.29) is 30.1 Å². The molecule has 0 spiro atoms. The third-order valence-electron chi connectivity index (χ3n) is 3.80. The molecule has 0 aliphatic rings.